The molecule has 32 heavy (non-hydrogen) atoms. The first kappa shape index (κ1) is 23.6. The second-order valence-corrected chi connectivity index (χ2v) is 9.04. The largest absolute Gasteiger partial charge is 0.547 e. The minimum atomic E-state index is -3.55. The number of nitrogens with zero attached hydrogens (tertiary/aromatic N) is 1. The lowest BCUT2D eigenvalue weighted by Crippen LogP contribution is -2.39. The first-order chi connectivity index (χ1) is 15.2. The van der Waals surface area contributed by atoms with E-state index in [0.29, 0.717) is 12.4 Å². The van der Waals surface area contributed by atoms with Crippen LogP contribution in [-0.2, 0) is 32.6 Å². The van der Waals surface area contributed by atoms with E-state index in [1.165, 1.54) is 0 Å². The predicted molar refractivity (Wildman–Crippen MR) is 121 cm³/mol. The fraction of sp³-hybridized carbons (Fsp3) is 0.348. The lowest BCUT2D eigenvalue weighted by Gasteiger charge is -2.18. The minimum absolute atomic E-state index is 0.272. The van der Waals surface area contributed by atoms with E-state index >= 15 is 0 Å². The molecule has 172 valence electrons. The van der Waals surface area contributed by atoms with Gasteiger partial charge in [0, 0.05) is 48.9 Å². The normalized spacial score (nSPS) is 12.6. The van der Waals surface area contributed by atoms with Gasteiger partial charge in [-0.3, -0.25) is 0 Å². The van der Waals surface area contributed by atoms with Crippen LogP contribution in [0.3, 0.4) is 0 Å². The average molecular weight is 460 g/mol. The van der Waals surface area contributed by atoms with Crippen LogP contribution in [-0.4, -0.2) is 44.5 Å². The van der Waals surface area contributed by atoms with E-state index in [2.05, 4.69) is 9.88 Å². The van der Waals surface area contributed by atoms with Crippen molar-refractivity contribution in [1.29, 1.82) is 0 Å². The summed E-state index contributed by atoms with van der Waals surface area (Å²) in [5.74, 6) is -0.902. The summed E-state index contributed by atoms with van der Waals surface area (Å²) in [6.45, 7) is 3.63. The summed E-state index contributed by atoms with van der Waals surface area (Å²) in [6.07, 6.45) is 3.20. The number of rotatable bonds is 12. The monoisotopic (exact) mass is 459 g/mol. The molecule has 0 amide bonds. The summed E-state index contributed by atoms with van der Waals surface area (Å²) >= 11 is 0. The molecule has 1 heterocycles. The van der Waals surface area contributed by atoms with Crippen molar-refractivity contribution < 1.29 is 27.2 Å². The Kier molecular flexibility index (Phi) is 7.76. The summed E-state index contributed by atoms with van der Waals surface area (Å²) in [4.78, 5) is 11.1. The van der Waals surface area contributed by atoms with Gasteiger partial charge >= 0.3 is 10.1 Å². The molecule has 0 spiro atoms. The van der Waals surface area contributed by atoms with Crippen LogP contribution in [0.5, 0.6) is 5.75 Å². The Bertz CT molecular complexity index is 1150. The molecule has 0 fully saturated rings. The number of hydrogen-bond donors (Lipinski definition) is 1. The van der Waals surface area contributed by atoms with Gasteiger partial charge in [0.2, 0.25) is 0 Å². The molecule has 0 bridgehead atoms. The van der Waals surface area contributed by atoms with Gasteiger partial charge in [-0.2, -0.15) is 8.42 Å². The maximum atomic E-state index is 11.3. The van der Waals surface area contributed by atoms with Gasteiger partial charge in [0.1, 0.15) is 11.9 Å². The number of benzene rings is 2. The Morgan fingerprint density at radius 2 is 1.91 bits per heavy atom. The van der Waals surface area contributed by atoms with Crippen LogP contribution < -0.4 is 14.6 Å². The van der Waals surface area contributed by atoms with Gasteiger partial charge in [-0.05, 0) is 55.3 Å². The quantitative estimate of drug-likeness (QED) is 0.327. The molecule has 1 atom stereocenters. The van der Waals surface area contributed by atoms with Gasteiger partial charge in [0.15, 0.2) is 0 Å². The van der Waals surface area contributed by atoms with Gasteiger partial charge in [-0.1, -0.05) is 12.1 Å². The number of carbonyl (C=O) groups is 1. The van der Waals surface area contributed by atoms with E-state index in [1.807, 2.05) is 42.6 Å². The van der Waals surface area contributed by atoms with Crippen molar-refractivity contribution in [2.45, 2.75) is 32.4 Å². The number of aromatic nitrogens is 1. The highest BCUT2D eigenvalue weighted by Crippen LogP contribution is 2.23. The summed E-state index contributed by atoms with van der Waals surface area (Å²) in [7, 11) is -3.55. The number of carboxylic acids is 1. The van der Waals surface area contributed by atoms with Crippen LogP contribution in [0.15, 0.2) is 54.7 Å². The first-order valence-electron chi connectivity index (χ1n) is 10.4. The number of fused-ring (bicyclic) bond motifs is 1. The number of nitrogens with one attached hydrogen (secondary N) is 1. The highest BCUT2D eigenvalue weighted by Gasteiger charge is 2.11. The zero-order valence-corrected chi connectivity index (χ0v) is 18.9. The number of aliphatic carboxylic acids is 1. The molecule has 0 aliphatic rings. The Balaban J connectivity index is 1.50. The molecular weight excluding hydrogens is 432 g/mol. The molecule has 0 unspecified atom stereocenters. The molecule has 1 N–H and O–H groups in total. The Labute approximate surface area is 187 Å². The molecule has 0 radical (unpaired) electrons. The second kappa shape index (κ2) is 10.5. The Morgan fingerprint density at radius 1 is 1.16 bits per heavy atom. The molecule has 0 aliphatic heterocycles. The summed E-state index contributed by atoms with van der Waals surface area (Å²) in [5.41, 5.74) is 2.83. The molecule has 0 aliphatic carbocycles. The highest BCUT2D eigenvalue weighted by molar-refractivity contribution is 7.86. The fourth-order valence-electron chi connectivity index (χ4n) is 3.47. The SMILES string of the molecule is CCO[C@@H](Cc1ccc(NCCCn2ccc3cc(OS(C)(=O)=O)ccc32)cc1)C(=O)[O-]. The lowest BCUT2D eigenvalue weighted by molar-refractivity contribution is -0.316. The summed E-state index contributed by atoms with van der Waals surface area (Å²) in [5, 5.41) is 15.4. The topological polar surface area (TPSA) is 110 Å². The molecule has 9 heteroatoms. The minimum Gasteiger partial charge on any atom is -0.547 e. The third-order valence-electron chi connectivity index (χ3n) is 4.90. The summed E-state index contributed by atoms with van der Waals surface area (Å²) < 4.78 is 34.8. The number of carbonyl (C=O) groups excluding carboxylic acids is 1. The average Bonchev–Trinajstić information content (AvgIpc) is 3.13. The van der Waals surface area contributed by atoms with Gasteiger partial charge in [0.25, 0.3) is 0 Å². The zero-order valence-electron chi connectivity index (χ0n) is 18.1. The number of ether oxygens (including phenoxy) is 1. The van der Waals surface area contributed by atoms with E-state index in [4.69, 9.17) is 8.92 Å². The Morgan fingerprint density at radius 3 is 2.56 bits per heavy atom. The van der Waals surface area contributed by atoms with E-state index in [-0.39, 0.29) is 6.42 Å². The maximum absolute atomic E-state index is 11.3. The number of carboxylic acid groups (broad SMARTS) is 1. The van der Waals surface area contributed by atoms with Crippen molar-refractivity contribution in [1.82, 2.24) is 4.57 Å². The van der Waals surface area contributed by atoms with E-state index in [0.717, 1.165) is 47.9 Å². The molecule has 1 aromatic heterocycles. The van der Waals surface area contributed by atoms with Crippen molar-refractivity contribution in [3.05, 3.63) is 60.3 Å². The van der Waals surface area contributed by atoms with Crippen LogP contribution in [0.1, 0.15) is 18.9 Å². The van der Waals surface area contributed by atoms with Gasteiger partial charge in [-0.25, -0.2) is 0 Å². The van der Waals surface area contributed by atoms with Crippen molar-refractivity contribution in [3.8, 4) is 5.75 Å². The molecular formula is C23H27N2O6S-. The number of aryl methyl sites for hydroxylation is 1. The fourth-order valence-corrected chi connectivity index (χ4v) is 3.92. The van der Waals surface area contributed by atoms with Crippen molar-refractivity contribution >= 4 is 32.7 Å². The smallest absolute Gasteiger partial charge is 0.306 e. The van der Waals surface area contributed by atoms with Crippen LogP contribution in [0, 0.1) is 0 Å². The zero-order chi connectivity index (χ0) is 23.1. The van der Waals surface area contributed by atoms with Gasteiger partial charge < -0.3 is 28.7 Å². The summed E-state index contributed by atoms with van der Waals surface area (Å²) in [6, 6.07) is 14.7. The predicted octanol–water partition coefficient (Wildman–Crippen LogP) is 2.18. The lowest BCUT2D eigenvalue weighted by atomic mass is 10.1. The van der Waals surface area contributed by atoms with Crippen molar-refractivity contribution in [2.24, 2.45) is 0 Å². The number of hydrogen-bond acceptors (Lipinski definition) is 7. The van der Waals surface area contributed by atoms with E-state index in [9.17, 15) is 18.3 Å². The Hall–Kier alpha value is -3.04. The van der Waals surface area contributed by atoms with Crippen LogP contribution >= 0.6 is 0 Å². The van der Waals surface area contributed by atoms with Crippen LogP contribution in [0.4, 0.5) is 5.69 Å². The third-order valence-corrected chi connectivity index (χ3v) is 5.40. The molecule has 8 nitrogen and oxygen atoms in total. The van der Waals surface area contributed by atoms with Gasteiger partial charge in [0.05, 0.1) is 12.2 Å². The van der Waals surface area contributed by atoms with Crippen molar-refractivity contribution in [3.63, 3.8) is 0 Å². The molecule has 2 aromatic carbocycles. The standard InChI is InChI=1S/C23H28N2O6S/c1-3-30-22(23(26)27)15-17-5-7-19(8-6-17)24-12-4-13-25-14-11-18-16-20(9-10-21(18)25)31-32(2,28)29/h5-11,14,16,22,24H,3-4,12-13,15H2,1-2H3,(H,26,27)/p-1/t22-/m0/s1. The van der Waals surface area contributed by atoms with E-state index < -0.39 is 22.2 Å². The van der Waals surface area contributed by atoms with Crippen molar-refractivity contribution in [2.75, 3.05) is 24.7 Å². The second-order valence-electron chi connectivity index (χ2n) is 7.46. The molecule has 3 aromatic rings. The van der Waals surface area contributed by atoms with Gasteiger partial charge in [-0.15, -0.1) is 0 Å². The maximum Gasteiger partial charge on any atom is 0.306 e. The molecule has 3 rings (SSSR count). The number of anilines is 1. The van der Waals surface area contributed by atoms with Crippen LogP contribution in [0.2, 0.25) is 0 Å². The highest BCUT2D eigenvalue weighted by atomic mass is 32.2. The third kappa shape index (κ3) is 6.73. The first-order valence-corrected chi connectivity index (χ1v) is 12.2. The molecule has 0 saturated carbocycles. The van der Waals surface area contributed by atoms with Crippen LogP contribution in [0.25, 0.3) is 10.9 Å². The van der Waals surface area contributed by atoms with E-state index in [1.54, 1.807) is 19.1 Å². The molecule has 0 saturated heterocycles.